The van der Waals surface area contributed by atoms with Gasteiger partial charge in [-0.25, -0.2) is 4.98 Å². The summed E-state index contributed by atoms with van der Waals surface area (Å²) in [6.45, 7) is 2.74. The molecule has 0 aliphatic carbocycles. The minimum atomic E-state index is 0.674. The van der Waals surface area contributed by atoms with Crippen LogP contribution in [0.25, 0.3) is 10.6 Å². The molecule has 0 fully saturated rings. The largest absolute Gasteiger partial charge is 0.398 e. The fourth-order valence-electron chi connectivity index (χ4n) is 2.06. The van der Waals surface area contributed by atoms with Gasteiger partial charge in [-0.05, 0) is 30.7 Å². The highest BCUT2D eigenvalue weighted by atomic mass is 32.1. The minimum Gasteiger partial charge on any atom is -0.398 e. The Hall–Kier alpha value is -2.40. The molecule has 2 aromatic heterocycles. The molecule has 0 bridgehead atoms. The summed E-state index contributed by atoms with van der Waals surface area (Å²) < 4.78 is 0. The predicted molar refractivity (Wildman–Crippen MR) is 88.3 cm³/mol. The number of nitrogen functional groups attached to an aromatic ring is 1. The Bertz CT molecular complexity index is 737. The summed E-state index contributed by atoms with van der Waals surface area (Å²) in [5.74, 6) is 0.868. The Balaban J connectivity index is 1.72. The van der Waals surface area contributed by atoms with Gasteiger partial charge in [0.25, 0.3) is 0 Å². The quantitative estimate of drug-likeness (QED) is 0.720. The number of benzene rings is 1. The van der Waals surface area contributed by atoms with Crippen LogP contribution in [0.1, 0.15) is 11.1 Å². The molecule has 0 atom stereocenters. The second-order valence-electron chi connectivity index (χ2n) is 4.83. The van der Waals surface area contributed by atoms with Gasteiger partial charge in [-0.3, -0.25) is 4.98 Å². The van der Waals surface area contributed by atoms with Crippen LogP contribution in [0.4, 0.5) is 11.5 Å². The van der Waals surface area contributed by atoms with Gasteiger partial charge >= 0.3 is 0 Å². The number of rotatable bonds is 4. The number of nitrogens with two attached hydrogens (primary N) is 1. The third-order valence-electron chi connectivity index (χ3n) is 3.19. The molecule has 2 heterocycles. The smallest absolute Gasteiger partial charge is 0.138 e. The van der Waals surface area contributed by atoms with E-state index in [1.54, 1.807) is 23.7 Å². The predicted octanol–water partition coefficient (Wildman–Crippen LogP) is 3.71. The number of nitrogens with one attached hydrogen (secondary N) is 1. The van der Waals surface area contributed by atoms with Crippen LogP contribution in [0.5, 0.6) is 0 Å². The summed E-state index contributed by atoms with van der Waals surface area (Å²) in [6, 6.07) is 9.97. The monoisotopic (exact) mass is 296 g/mol. The minimum absolute atomic E-state index is 0.674. The maximum atomic E-state index is 5.99. The topological polar surface area (TPSA) is 63.8 Å². The molecule has 0 spiro atoms. The van der Waals surface area contributed by atoms with E-state index in [1.165, 1.54) is 5.56 Å². The van der Waals surface area contributed by atoms with E-state index >= 15 is 0 Å². The van der Waals surface area contributed by atoms with Gasteiger partial charge in [0, 0.05) is 35.6 Å². The molecule has 3 rings (SSSR count). The van der Waals surface area contributed by atoms with Crippen molar-refractivity contribution in [1.29, 1.82) is 0 Å². The van der Waals surface area contributed by atoms with Crippen molar-refractivity contribution in [3.8, 4) is 10.6 Å². The van der Waals surface area contributed by atoms with Crippen molar-refractivity contribution >= 4 is 22.8 Å². The summed E-state index contributed by atoms with van der Waals surface area (Å²) >= 11 is 1.61. The molecule has 0 aliphatic rings. The van der Waals surface area contributed by atoms with E-state index in [0.29, 0.717) is 6.54 Å². The maximum Gasteiger partial charge on any atom is 0.138 e. The van der Waals surface area contributed by atoms with Crippen molar-refractivity contribution in [1.82, 2.24) is 9.97 Å². The number of nitrogens with zero attached hydrogens (tertiary/aromatic N) is 2. The van der Waals surface area contributed by atoms with E-state index in [2.05, 4.69) is 28.3 Å². The first-order chi connectivity index (χ1) is 10.2. The molecular weight excluding hydrogens is 280 g/mol. The van der Waals surface area contributed by atoms with Crippen molar-refractivity contribution in [2.45, 2.75) is 13.5 Å². The molecule has 106 valence electrons. The van der Waals surface area contributed by atoms with Crippen molar-refractivity contribution in [2.75, 3.05) is 11.1 Å². The lowest BCUT2D eigenvalue weighted by molar-refractivity contribution is 1.12. The van der Waals surface area contributed by atoms with Gasteiger partial charge in [0.1, 0.15) is 10.8 Å². The molecule has 3 aromatic rings. The van der Waals surface area contributed by atoms with E-state index in [0.717, 1.165) is 27.6 Å². The van der Waals surface area contributed by atoms with Crippen molar-refractivity contribution in [2.24, 2.45) is 0 Å². The van der Waals surface area contributed by atoms with E-state index in [4.69, 9.17) is 5.73 Å². The molecule has 0 saturated carbocycles. The fraction of sp³-hybridized carbons (Fsp3) is 0.125. The molecule has 4 nitrogen and oxygen atoms in total. The lowest BCUT2D eigenvalue weighted by atomic mass is 10.1. The van der Waals surface area contributed by atoms with Crippen LogP contribution in [-0.4, -0.2) is 9.97 Å². The van der Waals surface area contributed by atoms with E-state index in [-0.39, 0.29) is 0 Å². The average molecular weight is 296 g/mol. The first-order valence-corrected chi connectivity index (χ1v) is 7.55. The molecule has 0 unspecified atom stereocenters. The van der Waals surface area contributed by atoms with Gasteiger partial charge in [0.15, 0.2) is 0 Å². The normalized spacial score (nSPS) is 10.5. The number of pyridine rings is 1. The molecule has 5 heteroatoms. The zero-order valence-electron chi connectivity index (χ0n) is 11.7. The van der Waals surface area contributed by atoms with E-state index < -0.39 is 0 Å². The highest BCUT2D eigenvalue weighted by Crippen LogP contribution is 2.25. The van der Waals surface area contributed by atoms with Crippen molar-refractivity contribution in [3.63, 3.8) is 0 Å². The van der Waals surface area contributed by atoms with Crippen LogP contribution in [0, 0.1) is 6.92 Å². The van der Waals surface area contributed by atoms with Gasteiger partial charge in [-0.15, -0.1) is 11.3 Å². The van der Waals surface area contributed by atoms with Gasteiger partial charge in [-0.1, -0.05) is 17.7 Å². The summed E-state index contributed by atoms with van der Waals surface area (Å²) in [5, 5.41) is 6.32. The number of hydrogen-bond acceptors (Lipinski definition) is 5. The summed E-state index contributed by atoms with van der Waals surface area (Å²) in [4.78, 5) is 8.61. The Morgan fingerprint density at radius 1 is 1.19 bits per heavy atom. The van der Waals surface area contributed by atoms with Crippen LogP contribution in [-0.2, 0) is 6.54 Å². The highest BCUT2D eigenvalue weighted by molar-refractivity contribution is 7.13. The number of aryl methyl sites for hydroxylation is 1. The Labute approximate surface area is 127 Å². The Morgan fingerprint density at radius 3 is 2.81 bits per heavy atom. The SMILES string of the molecule is Cc1ccc(N)c(CNc2csc(-c3ccncc3)n2)c1. The number of thiazole rings is 1. The molecule has 0 amide bonds. The summed E-state index contributed by atoms with van der Waals surface area (Å²) in [7, 11) is 0. The molecule has 3 N–H and O–H groups in total. The highest BCUT2D eigenvalue weighted by Gasteiger charge is 2.05. The van der Waals surface area contributed by atoms with Crippen molar-refractivity contribution < 1.29 is 0 Å². The third kappa shape index (κ3) is 3.20. The maximum absolute atomic E-state index is 5.99. The number of anilines is 2. The van der Waals surface area contributed by atoms with E-state index in [1.807, 2.05) is 29.6 Å². The first kappa shape index (κ1) is 13.6. The standard InChI is InChI=1S/C16H16N4S/c1-11-2-3-14(17)13(8-11)9-19-15-10-21-16(20-15)12-4-6-18-7-5-12/h2-8,10,19H,9,17H2,1H3. The Kier molecular flexibility index (Phi) is 3.83. The van der Waals surface area contributed by atoms with Gasteiger partial charge in [-0.2, -0.15) is 0 Å². The number of aromatic nitrogens is 2. The van der Waals surface area contributed by atoms with Gasteiger partial charge in [0.2, 0.25) is 0 Å². The fourth-order valence-corrected chi connectivity index (χ4v) is 2.84. The van der Waals surface area contributed by atoms with Crippen LogP contribution >= 0.6 is 11.3 Å². The average Bonchev–Trinajstić information content (AvgIpc) is 2.98. The first-order valence-electron chi connectivity index (χ1n) is 6.67. The summed E-state index contributed by atoms with van der Waals surface area (Å²) in [5.41, 5.74) is 10.2. The lowest BCUT2D eigenvalue weighted by Gasteiger charge is -2.07. The molecular formula is C16H16N4S. The molecule has 21 heavy (non-hydrogen) atoms. The second-order valence-corrected chi connectivity index (χ2v) is 5.69. The second kappa shape index (κ2) is 5.93. The lowest BCUT2D eigenvalue weighted by Crippen LogP contribution is -2.03. The zero-order chi connectivity index (χ0) is 14.7. The third-order valence-corrected chi connectivity index (χ3v) is 4.08. The van der Waals surface area contributed by atoms with Crippen molar-refractivity contribution in [3.05, 3.63) is 59.2 Å². The van der Waals surface area contributed by atoms with Crippen LogP contribution in [0.2, 0.25) is 0 Å². The van der Waals surface area contributed by atoms with Gasteiger partial charge < -0.3 is 11.1 Å². The molecule has 0 aliphatic heterocycles. The van der Waals surface area contributed by atoms with Gasteiger partial charge in [0.05, 0.1) is 0 Å². The zero-order valence-corrected chi connectivity index (χ0v) is 12.5. The van der Waals surface area contributed by atoms with Crippen LogP contribution < -0.4 is 11.1 Å². The van der Waals surface area contributed by atoms with Crippen LogP contribution in [0.15, 0.2) is 48.1 Å². The van der Waals surface area contributed by atoms with E-state index in [9.17, 15) is 0 Å². The molecule has 1 aromatic carbocycles. The number of hydrogen-bond donors (Lipinski definition) is 2. The molecule has 0 radical (unpaired) electrons. The molecule has 0 saturated heterocycles. The summed E-state index contributed by atoms with van der Waals surface area (Å²) in [6.07, 6.45) is 3.55. The van der Waals surface area contributed by atoms with Crippen LogP contribution in [0.3, 0.4) is 0 Å². The Morgan fingerprint density at radius 2 is 2.00 bits per heavy atom.